The van der Waals surface area contributed by atoms with E-state index in [0.29, 0.717) is 6.61 Å². The topological polar surface area (TPSA) is 27.1 Å². The zero-order chi connectivity index (χ0) is 14.2. The average Bonchev–Trinajstić information content (AvgIpc) is 2.68. The van der Waals surface area contributed by atoms with Crippen molar-refractivity contribution in [3.05, 3.63) is 29.6 Å². The molecule has 0 aliphatic carbocycles. The molecule has 0 radical (unpaired) electrons. The van der Waals surface area contributed by atoms with Crippen LogP contribution in [0, 0.1) is 6.92 Å². The van der Waals surface area contributed by atoms with Crippen molar-refractivity contribution < 1.29 is 4.74 Å². The normalized spacial score (nSPS) is 14.0. The highest BCUT2D eigenvalue weighted by atomic mass is 35.5. The number of hydrogen-bond acceptors (Lipinski definition) is 2. The monoisotopic (exact) mass is 280 g/mol. The predicted octanol–water partition coefficient (Wildman–Crippen LogP) is 4.03. The van der Waals surface area contributed by atoms with E-state index in [9.17, 15) is 0 Å². The number of ether oxygens (including phenoxy) is 1. The van der Waals surface area contributed by atoms with E-state index in [4.69, 9.17) is 16.3 Å². The minimum Gasteiger partial charge on any atom is -0.382 e. The minimum absolute atomic E-state index is 0.135. The van der Waals surface area contributed by atoms with Crippen molar-refractivity contribution in [3.63, 3.8) is 0 Å². The molecule has 2 aromatic rings. The van der Waals surface area contributed by atoms with Crippen LogP contribution in [-0.4, -0.2) is 23.3 Å². The summed E-state index contributed by atoms with van der Waals surface area (Å²) in [6, 6.07) is 6.28. The van der Waals surface area contributed by atoms with Gasteiger partial charge in [-0.05, 0) is 45.4 Å². The maximum Gasteiger partial charge on any atom is 0.128 e. The zero-order valence-corrected chi connectivity index (χ0v) is 13.0. The van der Waals surface area contributed by atoms with Crippen molar-refractivity contribution in [3.8, 4) is 0 Å². The van der Waals surface area contributed by atoms with Gasteiger partial charge in [-0.15, -0.1) is 11.6 Å². The first kappa shape index (κ1) is 14.4. The van der Waals surface area contributed by atoms with Crippen LogP contribution in [0.2, 0.25) is 0 Å². The predicted molar refractivity (Wildman–Crippen MR) is 79.9 cm³/mol. The van der Waals surface area contributed by atoms with E-state index in [1.165, 1.54) is 5.56 Å². The molecular formula is C15H21ClN2O. The summed E-state index contributed by atoms with van der Waals surface area (Å²) < 4.78 is 7.56. The lowest BCUT2D eigenvalue weighted by atomic mass is 10.1. The van der Waals surface area contributed by atoms with Gasteiger partial charge in [0.25, 0.3) is 0 Å². The summed E-state index contributed by atoms with van der Waals surface area (Å²) >= 11 is 6.30. The standard InChI is InChI=1S/C15H21ClN2O/c1-10-6-7-12-13(8-10)18(14(17-12)11(2)16)15(3,4)9-19-5/h6-8,11H,9H2,1-5H3. The molecule has 0 spiro atoms. The van der Waals surface area contributed by atoms with E-state index in [1.54, 1.807) is 7.11 Å². The SMILES string of the molecule is COCC(C)(C)n1c(C(C)Cl)nc2ccc(C)cc21. The molecule has 0 saturated heterocycles. The van der Waals surface area contributed by atoms with Crippen LogP contribution in [0.1, 0.15) is 37.5 Å². The van der Waals surface area contributed by atoms with Crippen molar-refractivity contribution in [1.29, 1.82) is 0 Å². The van der Waals surface area contributed by atoms with Gasteiger partial charge in [0.15, 0.2) is 0 Å². The number of aromatic nitrogens is 2. The summed E-state index contributed by atoms with van der Waals surface area (Å²) in [4.78, 5) is 4.68. The molecule has 2 rings (SSSR count). The van der Waals surface area contributed by atoms with Crippen molar-refractivity contribution >= 4 is 22.6 Å². The molecule has 19 heavy (non-hydrogen) atoms. The number of alkyl halides is 1. The highest BCUT2D eigenvalue weighted by Crippen LogP contribution is 2.31. The molecule has 1 unspecified atom stereocenters. The van der Waals surface area contributed by atoms with Gasteiger partial charge < -0.3 is 9.30 Å². The molecule has 3 nitrogen and oxygen atoms in total. The van der Waals surface area contributed by atoms with Crippen molar-refractivity contribution in [2.75, 3.05) is 13.7 Å². The van der Waals surface area contributed by atoms with Crippen LogP contribution in [0.4, 0.5) is 0 Å². The number of benzene rings is 1. The number of nitrogens with zero attached hydrogens (tertiary/aromatic N) is 2. The van der Waals surface area contributed by atoms with E-state index in [0.717, 1.165) is 16.9 Å². The lowest BCUT2D eigenvalue weighted by Crippen LogP contribution is -2.33. The fourth-order valence-electron chi connectivity index (χ4n) is 2.52. The third kappa shape index (κ3) is 2.63. The van der Waals surface area contributed by atoms with Crippen molar-refractivity contribution in [1.82, 2.24) is 9.55 Å². The van der Waals surface area contributed by atoms with Gasteiger partial charge in [0.2, 0.25) is 0 Å². The summed E-state index contributed by atoms with van der Waals surface area (Å²) in [6.07, 6.45) is 0. The van der Waals surface area contributed by atoms with Gasteiger partial charge in [-0.25, -0.2) is 4.98 Å². The second-order valence-electron chi connectivity index (χ2n) is 5.66. The molecule has 0 N–H and O–H groups in total. The molecule has 0 fully saturated rings. The quantitative estimate of drug-likeness (QED) is 0.791. The van der Waals surface area contributed by atoms with Gasteiger partial charge >= 0.3 is 0 Å². The first-order valence-electron chi connectivity index (χ1n) is 6.49. The summed E-state index contributed by atoms with van der Waals surface area (Å²) in [6.45, 7) is 8.94. The maximum atomic E-state index is 6.30. The molecule has 1 aromatic carbocycles. The van der Waals surface area contributed by atoms with E-state index >= 15 is 0 Å². The molecule has 104 valence electrons. The second-order valence-corrected chi connectivity index (χ2v) is 6.31. The Morgan fingerprint density at radius 1 is 1.42 bits per heavy atom. The number of imidazole rings is 1. The largest absolute Gasteiger partial charge is 0.382 e. The Labute approximate surface area is 119 Å². The Morgan fingerprint density at radius 3 is 2.68 bits per heavy atom. The minimum atomic E-state index is -0.185. The van der Waals surface area contributed by atoms with Crippen LogP contribution in [-0.2, 0) is 10.3 Å². The Morgan fingerprint density at radius 2 is 2.11 bits per heavy atom. The molecule has 1 heterocycles. The second kappa shape index (κ2) is 5.14. The smallest absolute Gasteiger partial charge is 0.128 e. The molecule has 0 bridgehead atoms. The highest BCUT2D eigenvalue weighted by Gasteiger charge is 2.27. The molecule has 0 aliphatic heterocycles. The van der Waals surface area contributed by atoms with Gasteiger partial charge in [-0.3, -0.25) is 0 Å². The summed E-state index contributed by atoms with van der Waals surface area (Å²) in [5.41, 5.74) is 3.13. The number of methoxy groups -OCH3 is 1. The molecule has 4 heteroatoms. The van der Waals surface area contributed by atoms with Crippen LogP contribution >= 0.6 is 11.6 Å². The van der Waals surface area contributed by atoms with Gasteiger partial charge in [-0.1, -0.05) is 6.07 Å². The van der Waals surface area contributed by atoms with Crippen LogP contribution in [0.3, 0.4) is 0 Å². The van der Waals surface area contributed by atoms with E-state index in [-0.39, 0.29) is 10.9 Å². The van der Waals surface area contributed by atoms with Crippen LogP contribution in [0.15, 0.2) is 18.2 Å². The molecule has 0 aliphatic rings. The lowest BCUT2D eigenvalue weighted by molar-refractivity contribution is 0.110. The van der Waals surface area contributed by atoms with E-state index in [1.807, 2.05) is 13.0 Å². The molecular weight excluding hydrogens is 260 g/mol. The average molecular weight is 281 g/mol. The number of hydrogen-bond donors (Lipinski definition) is 0. The first-order chi connectivity index (χ1) is 8.86. The highest BCUT2D eigenvalue weighted by molar-refractivity contribution is 6.20. The van der Waals surface area contributed by atoms with Crippen LogP contribution in [0.25, 0.3) is 11.0 Å². The Hall–Kier alpha value is -1.06. The van der Waals surface area contributed by atoms with Gasteiger partial charge in [0, 0.05) is 7.11 Å². The maximum absolute atomic E-state index is 6.30. The molecule has 0 saturated carbocycles. The van der Waals surface area contributed by atoms with Gasteiger partial charge in [0.1, 0.15) is 5.82 Å². The number of fused-ring (bicyclic) bond motifs is 1. The van der Waals surface area contributed by atoms with Gasteiger partial charge in [0.05, 0.1) is 28.6 Å². The summed E-state index contributed by atoms with van der Waals surface area (Å²) in [5.74, 6) is 0.893. The van der Waals surface area contributed by atoms with E-state index in [2.05, 4.69) is 42.5 Å². The van der Waals surface area contributed by atoms with Crippen molar-refractivity contribution in [2.45, 2.75) is 38.6 Å². The Balaban J connectivity index is 2.73. The summed E-state index contributed by atoms with van der Waals surface area (Å²) in [5, 5.41) is -0.135. The number of rotatable bonds is 4. The molecule has 1 aromatic heterocycles. The summed E-state index contributed by atoms with van der Waals surface area (Å²) in [7, 11) is 1.72. The van der Waals surface area contributed by atoms with Crippen molar-refractivity contribution in [2.24, 2.45) is 0 Å². The number of halogens is 1. The van der Waals surface area contributed by atoms with Crippen LogP contribution in [0.5, 0.6) is 0 Å². The molecule has 0 amide bonds. The first-order valence-corrected chi connectivity index (χ1v) is 6.93. The van der Waals surface area contributed by atoms with E-state index < -0.39 is 0 Å². The lowest BCUT2D eigenvalue weighted by Gasteiger charge is -2.29. The zero-order valence-electron chi connectivity index (χ0n) is 12.2. The number of aryl methyl sites for hydroxylation is 1. The molecule has 1 atom stereocenters. The Bertz CT molecular complexity index is 587. The Kier molecular flexibility index (Phi) is 3.88. The van der Waals surface area contributed by atoms with Crippen LogP contribution < -0.4 is 0 Å². The van der Waals surface area contributed by atoms with Gasteiger partial charge in [-0.2, -0.15) is 0 Å². The fourth-order valence-corrected chi connectivity index (χ4v) is 2.67. The fraction of sp³-hybridized carbons (Fsp3) is 0.533. The third-order valence-corrected chi connectivity index (χ3v) is 3.49. The third-order valence-electron chi connectivity index (χ3n) is 3.29.